The second-order valence-corrected chi connectivity index (χ2v) is 5.70. The summed E-state index contributed by atoms with van der Waals surface area (Å²) in [6, 6.07) is 13.6. The highest BCUT2D eigenvalue weighted by Gasteiger charge is 2.32. The van der Waals surface area contributed by atoms with Crippen molar-refractivity contribution < 1.29 is 14.5 Å². The zero-order valence-corrected chi connectivity index (χ0v) is 13.1. The van der Waals surface area contributed by atoms with Gasteiger partial charge in [0.2, 0.25) is 0 Å². The van der Waals surface area contributed by atoms with E-state index in [4.69, 9.17) is 4.74 Å². The summed E-state index contributed by atoms with van der Waals surface area (Å²) in [7, 11) is 0. The maximum atomic E-state index is 12.5. The van der Waals surface area contributed by atoms with Crippen molar-refractivity contribution in [3.8, 4) is 0 Å². The van der Waals surface area contributed by atoms with Gasteiger partial charge in [-0.05, 0) is 17.5 Å². The minimum absolute atomic E-state index is 0.0851. The monoisotopic (exact) mass is 323 g/mol. The lowest BCUT2D eigenvalue weighted by Crippen LogP contribution is -2.07. The molecule has 0 unspecified atom stereocenters. The van der Waals surface area contributed by atoms with Crippen LogP contribution < -0.4 is 0 Å². The number of fused-ring (bicyclic) bond motifs is 1. The Hall–Kier alpha value is -2.79. The first-order valence-corrected chi connectivity index (χ1v) is 7.73. The maximum Gasteiger partial charge on any atom is 0.270 e. The summed E-state index contributed by atoms with van der Waals surface area (Å²) in [4.78, 5) is 22.9. The fraction of sp³-hybridized carbons (Fsp3) is 0.211. The Labute approximate surface area is 139 Å². The molecule has 0 aliphatic carbocycles. The van der Waals surface area contributed by atoms with Gasteiger partial charge in [0, 0.05) is 24.1 Å². The molecular weight excluding hydrogens is 306 g/mol. The highest BCUT2D eigenvalue weighted by atomic mass is 16.6. The molecule has 0 bridgehead atoms. The molecule has 0 radical (unpaired) electrons. The number of hydrogen-bond donors (Lipinski definition) is 0. The molecule has 3 rings (SSSR count). The van der Waals surface area contributed by atoms with E-state index in [1.807, 2.05) is 24.3 Å². The molecule has 2 aromatic rings. The smallest absolute Gasteiger partial charge is 0.270 e. The van der Waals surface area contributed by atoms with Crippen LogP contribution in [-0.4, -0.2) is 10.7 Å². The fourth-order valence-electron chi connectivity index (χ4n) is 3.01. The number of nitro benzene ring substituents is 1. The van der Waals surface area contributed by atoms with E-state index < -0.39 is 4.92 Å². The number of carbonyl (C=O) groups is 1. The quantitative estimate of drug-likeness (QED) is 0.338. The van der Waals surface area contributed by atoms with E-state index in [0.717, 1.165) is 11.1 Å². The van der Waals surface area contributed by atoms with Crippen LogP contribution in [0.5, 0.6) is 0 Å². The molecule has 0 N–H and O–H groups in total. The Kier molecular flexibility index (Phi) is 4.53. The second kappa shape index (κ2) is 6.76. The molecule has 0 aromatic heterocycles. The van der Waals surface area contributed by atoms with Gasteiger partial charge in [-0.2, -0.15) is 0 Å². The van der Waals surface area contributed by atoms with E-state index in [9.17, 15) is 14.9 Å². The number of hydrogen-bond acceptors (Lipinski definition) is 4. The van der Waals surface area contributed by atoms with Crippen LogP contribution in [0.4, 0.5) is 5.69 Å². The Balaban J connectivity index is 1.81. The number of ether oxygens (including phenoxy) is 1. The summed E-state index contributed by atoms with van der Waals surface area (Å²) < 4.78 is 6.02. The van der Waals surface area contributed by atoms with Crippen molar-refractivity contribution in [1.29, 1.82) is 0 Å². The minimum atomic E-state index is -0.502. The lowest BCUT2D eigenvalue weighted by molar-refractivity contribution is -0.384. The molecular formula is C19H17NO4. The van der Waals surface area contributed by atoms with Crippen molar-refractivity contribution in [2.24, 2.45) is 0 Å². The van der Waals surface area contributed by atoms with Crippen LogP contribution in [0.3, 0.4) is 0 Å². The van der Waals surface area contributed by atoms with Gasteiger partial charge in [-0.25, -0.2) is 0 Å². The molecule has 5 heteroatoms. The molecule has 24 heavy (non-hydrogen) atoms. The molecule has 2 aromatic carbocycles. The molecule has 0 saturated carbocycles. The van der Waals surface area contributed by atoms with Crippen molar-refractivity contribution >= 4 is 11.5 Å². The van der Waals surface area contributed by atoms with Crippen LogP contribution in [0.15, 0.2) is 61.2 Å². The van der Waals surface area contributed by atoms with Gasteiger partial charge in [0.25, 0.3) is 5.69 Å². The molecule has 2 atom stereocenters. The van der Waals surface area contributed by atoms with Crippen LogP contribution in [0.1, 0.15) is 46.5 Å². The van der Waals surface area contributed by atoms with Gasteiger partial charge in [-0.3, -0.25) is 14.9 Å². The number of nitro groups is 1. The van der Waals surface area contributed by atoms with E-state index in [0.29, 0.717) is 12.0 Å². The molecule has 0 amide bonds. The van der Waals surface area contributed by atoms with E-state index in [-0.39, 0.29) is 30.1 Å². The van der Waals surface area contributed by atoms with E-state index in [1.54, 1.807) is 12.1 Å². The third-order valence-electron chi connectivity index (χ3n) is 4.15. The molecule has 122 valence electrons. The molecule has 0 spiro atoms. The first-order chi connectivity index (χ1) is 11.6. The number of nitrogens with zero attached hydrogens (tertiary/aromatic N) is 1. The number of carbonyl (C=O) groups excluding carboxylic acids is 1. The van der Waals surface area contributed by atoms with Crippen LogP contribution in [0.25, 0.3) is 0 Å². The van der Waals surface area contributed by atoms with Crippen LogP contribution >= 0.6 is 0 Å². The molecule has 0 saturated heterocycles. The lowest BCUT2D eigenvalue weighted by Gasteiger charge is -2.13. The minimum Gasteiger partial charge on any atom is -0.365 e. The molecule has 1 heterocycles. The third kappa shape index (κ3) is 3.12. The predicted molar refractivity (Wildman–Crippen MR) is 89.9 cm³/mol. The van der Waals surface area contributed by atoms with E-state index >= 15 is 0 Å². The summed E-state index contributed by atoms with van der Waals surface area (Å²) in [5, 5.41) is 10.9. The third-order valence-corrected chi connectivity index (χ3v) is 4.15. The van der Waals surface area contributed by atoms with Crippen molar-refractivity contribution in [1.82, 2.24) is 0 Å². The number of ketones is 1. The first-order valence-electron chi connectivity index (χ1n) is 7.73. The molecule has 1 aliphatic rings. The lowest BCUT2D eigenvalue weighted by atomic mass is 9.96. The topological polar surface area (TPSA) is 69.4 Å². The largest absolute Gasteiger partial charge is 0.365 e. The van der Waals surface area contributed by atoms with E-state index in [1.165, 1.54) is 18.2 Å². The van der Waals surface area contributed by atoms with Gasteiger partial charge in [-0.15, -0.1) is 6.58 Å². The average molecular weight is 323 g/mol. The summed E-state index contributed by atoms with van der Waals surface area (Å²) in [6.07, 6.45) is 2.20. The van der Waals surface area contributed by atoms with E-state index in [2.05, 4.69) is 6.58 Å². The van der Waals surface area contributed by atoms with Gasteiger partial charge < -0.3 is 4.74 Å². The van der Waals surface area contributed by atoms with Gasteiger partial charge in [-0.1, -0.05) is 42.5 Å². The Morgan fingerprint density at radius 3 is 2.54 bits per heavy atom. The molecule has 0 fully saturated rings. The molecule has 1 aliphatic heterocycles. The summed E-state index contributed by atoms with van der Waals surface area (Å²) in [5.41, 5.74) is 2.33. The van der Waals surface area contributed by atoms with Crippen molar-refractivity contribution in [3.63, 3.8) is 0 Å². The number of Topliss-reactive ketones (excluding diaryl/α,β-unsaturated/α-hetero) is 1. The van der Waals surface area contributed by atoms with Gasteiger partial charge in [0.15, 0.2) is 5.78 Å². The SMILES string of the molecule is C=CC[C@@H]1O[C@@H](CC(=O)c2cccc([N+](=O)[O-])c2)c2ccccc21. The number of rotatable bonds is 6. The Bertz CT molecular complexity index is 799. The van der Waals surface area contributed by atoms with Gasteiger partial charge >= 0.3 is 0 Å². The summed E-state index contributed by atoms with van der Waals surface area (Å²) in [6.45, 7) is 3.75. The molecule has 5 nitrogen and oxygen atoms in total. The number of non-ortho nitro benzene ring substituents is 1. The zero-order chi connectivity index (χ0) is 17.1. The van der Waals surface area contributed by atoms with Crippen LogP contribution in [0, 0.1) is 10.1 Å². The van der Waals surface area contributed by atoms with Gasteiger partial charge in [0.1, 0.15) is 0 Å². The van der Waals surface area contributed by atoms with Crippen LogP contribution in [0.2, 0.25) is 0 Å². The fourth-order valence-corrected chi connectivity index (χ4v) is 3.01. The standard InChI is InChI=1S/C19H17NO4/c1-2-6-18-15-9-3-4-10-16(15)19(24-18)12-17(21)13-7-5-8-14(11-13)20(22)23/h2-5,7-11,18-19H,1,6,12H2/t18-,19-/m0/s1. The Morgan fingerprint density at radius 1 is 1.17 bits per heavy atom. The van der Waals surface area contributed by atoms with Crippen molar-refractivity contribution in [2.75, 3.05) is 0 Å². The van der Waals surface area contributed by atoms with Gasteiger partial charge in [0.05, 0.1) is 17.1 Å². The maximum absolute atomic E-state index is 12.5. The summed E-state index contributed by atoms with van der Waals surface area (Å²) >= 11 is 0. The predicted octanol–water partition coefficient (Wildman–Crippen LogP) is 4.56. The zero-order valence-electron chi connectivity index (χ0n) is 13.1. The highest BCUT2D eigenvalue weighted by molar-refractivity contribution is 5.97. The normalized spacial score (nSPS) is 18.8. The average Bonchev–Trinajstić information content (AvgIpc) is 2.93. The second-order valence-electron chi connectivity index (χ2n) is 5.70. The number of benzene rings is 2. The first kappa shape index (κ1) is 16.1. The van der Waals surface area contributed by atoms with Crippen molar-refractivity contribution in [3.05, 3.63) is 88.0 Å². The van der Waals surface area contributed by atoms with Crippen LogP contribution in [-0.2, 0) is 4.74 Å². The summed E-state index contributed by atoms with van der Waals surface area (Å²) in [5.74, 6) is -0.169. The Morgan fingerprint density at radius 2 is 1.88 bits per heavy atom. The van der Waals surface area contributed by atoms with Crippen molar-refractivity contribution in [2.45, 2.75) is 25.0 Å². The highest BCUT2D eigenvalue weighted by Crippen LogP contribution is 2.42.